The minimum absolute atomic E-state index is 0.0620. The van der Waals surface area contributed by atoms with Crippen LogP contribution in [0.4, 0.5) is 4.39 Å². The smallest absolute Gasteiger partial charge is 0.328 e. The Balaban J connectivity index is 1.78. The van der Waals surface area contributed by atoms with E-state index in [9.17, 15) is 14.7 Å². The molecular formula is C25H25FN2O5. The van der Waals surface area contributed by atoms with Crippen molar-refractivity contribution in [3.05, 3.63) is 89.7 Å². The summed E-state index contributed by atoms with van der Waals surface area (Å²) in [6.45, 7) is 2.86. The number of pyridine rings is 1. The van der Waals surface area contributed by atoms with Crippen LogP contribution in [0.3, 0.4) is 0 Å². The Kier molecular flexibility index (Phi) is 7.27. The second-order valence-electron chi connectivity index (χ2n) is 7.43. The van der Waals surface area contributed by atoms with Crippen LogP contribution in [0.25, 0.3) is 0 Å². The van der Waals surface area contributed by atoms with Crippen LogP contribution in [0.15, 0.2) is 72.9 Å². The van der Waals surface area contributed by atoms with Gasteiger partial charge in [0.2, 0.25) is 0 Å². The van der Waals surface area contributed by atoms with Gasteiger partial charge in [0.05, 0.1) is 7.11 Å². The largest absolute Gasteiger partial charge is 0.503 e. The number of nitrogens with one attached hydrogen (secondary N) is 1. The monoisotopic (exact) mass is 452 g/mol. The zero-order chi connectivity index (χ0) is 24.0. The average Bonchev–Trinajstić information content (AvgIpc) is 2.84. The predicted molar refractivity (Wildman–Crippen MR) is 120 cm³/mol. The molecule has 33 heavy (non-hydrogen) atoms. The van der Waals surface area contributed by atoms with Crippen LogP contribution in [0.1, 0.15) is 35.5 Å². The summed E-state index contributed by atoms with van der Waals surface area (Å²) in [5.74, 6) is -2.04. The normalized spacial score (nSPS) is 13.0. The Labute approximate surface area is 191 Å². The summed E-state index contributed by atoms with van der Waals surface area (Å²) < 4.78 is 26.9. The van der Waals surface area contributed by atoms with Gasteiger partial charge in [0.25, 0.3) is 5.91 Å². The van der Waals surface area contributed by atoms with E-state index < -0.39 is 35.4 Å². The lowest BCUT2D eigenvalue weighted by molar-refractivity contribution is -0.156. The van der Waals surface area contributed by atoms with Crippen molar-refractivity contribution in [2.24, 2.45) is 0 Å². The van der Waals surface area contributed by atoms with Gasteiger partial charge in [0.15, 0.2) is 22.9 Å². The Bertz CT molecular complexity index is 1070. The zero-order valence-corrected chi connectivity index (χ0v) is 18.5. The first kappa shape index (κ1) is 23.7. The molecule has 7 nitrogen and oxygen atoms in total. The van der Waals surface area contributed by atoms with Gasteiger partial charge in [0.1, 0.15) is 12.1 Å². The van der Waals surface area contributed by atoms with Gasteiger partial charge in [-0.15, -0.1) is 0 Å². The lowest BCUT2D eigenvalue weighted by Crippen LogP contribution is -2.44. The third-order valence-electron chi connectivity index (χ3n) is 5.26. The molecule has 0 fully saturated rings. The van der Waals surface area contributed by atoms with E-state index in [0.29, 0.717) is 11.1 Å². The summed E-state index contributed by atoms with van der Waals surface area (Å²) >= 11 is 0. The molecule has 1 amide bonds. The predicted octanol–water partition coefficient (Wildman–Crippen LogP) is 3.76. The number of aromatic nitrogens is 1. The number of methoxy groups -OCH3 is 1. The number of rotatable bonds is 8. The van der Waals surface area contributed by atoms with E-state index in [2.05, 4.69) is 10.3 Å². The molecule has 0 radical (unpaired) electrons. The molecule has 1 aromatic heterocycles. The van der Waals surface area contributed by atoms with Crippen molar-refractivity contribution in [3.8, 4) is 11.5 Å². The van der Waals surface area contributed by atoms with Gasteiger partial charge >= 0.3 is 5.97 Å². The van der Waals surface area contributed by atoms with E-state index in [0.717, 1.165) is 0 Å². The number of hydrogen-bond acceptors (Lipinski definition) is 6. The molecule has 0 unspecified atom stereocenters. The summed E-state index contributed by atoms with van der Waals surface area (Å²) in [6, 6.07) is 17.1. The first-order valence-corrected chi connectivity index (χ1v) is 10.3. The molecule has 8 heteroatoms. The molecule has 0 spiro atoms. The van der Waals surface area contributed by atoms with Crippen LogP contribution in [0.5, 0.6) is 11.5 Å². The van der Waals surface area contributed by atoms with Crippen molar-refractivity contribution in [2.45, 2.75) is 31.7 Å². The molecule has 3 rings (SSSR count). The Hall–Kier alpha value is -3.94. The molecule has 1 heterocycles. The minimum atomic E-state index is -2.12. The highest BCUT2D eigenvalue weighted by atomic mass is 19.1. The molecule has 0 bridgehead atoms. The first-order chi connectivity index (χ1) is 15.8. The first-order valence-electron chi connectivity index (χ1n) is 10.3. The molecule has 0 saturated heterocycles. The number of esters is 1. The fourth-order valence-corrected chi connectivity index (χ4v) is 3.45. The van der Waals surface area contributed by atoms with Crippen molar-refractivity contribution in [1.29, 1.82) is 0 Å². The van der Waals surface area contributed by atoms with Crippen LogP contribution in [0.2, 0.25) is 0 Å². The number of halogens is 1. The Morgan fingerprint density at radius 2 is 1.55 bits per heavy atom. The zero-order valence-electron chi connectivity index (χ0n) is 18.5. The lowest BCUT2D eigenvalue weighted by atomic mass is 9.84. The van der Waals surface area contributed by atoms with Crippen LogP contribution in [-0.4, -0.2) is 41.2 Å². The van der Waals surface area contributed by atoms with E-state index in [1.165, 1.54) is 33.2 Å². The third kappa shape index (κ3) is 4.95. The van der Waals surface area contributed by atoms with Crippen LogP contribution in [-0.2, 0) is 15.2 Å². The third-order valence-corrected chi connectivity index (χ3v) is 5.26. The highest BCUT2D eigenvalue weighted by Crippen LogP contribution is 2.38. The summed E-state index contributed by atoms with van der Waals surface area (Å²) in [6.07, 6.45) is 0.0768. The quantitative estimate of drug-likeness (QED) is 0.505. The molecular weight excluding hydrogens is 427 g/mol. The molecule has 0 aliphatic heterocycles. The summed E-state index contributed by atoms with van der Waals surface area (Å²) in [4.78, 5) is 29.1. The highest BCUT2D eigenvalue weighted by Gasteiger charge is 2.43. The maximum atomic E-state index is 16.5. The van der Waals surface area contributed by atoms with Gasteiger partial charge in [-0.3, -0.25) is 4.79 Å². The number of carbonyl (C=O) groups is 2. The second kappa shape index (κ2) is 10.1. The molecule has 0 aliphatic carbocycles. The molecule has 172 valence electrons. The molecule has 2 N–H and O–H groups in total. The van der Waals surface area contributed by atoms with Gasteiger partial charge in [-0.2, -0.15) is 0 Å². The highest BCUT2D eigenvalue weighted by molar-refractivity contribution is 5.97. The SMILES string of the molecule is COc1ccnc(C(=O)N[C@@H](C)C(=O)O[C@@H](C)C(F)(c2ccccc2)c2ccccc2)c1O. The fraction of sp³-hybridized carbons (Fsp3) is 0.240. The number of hydrogen-bond donors (Lipinski definition) is 2. The second-order valence-corrected chi connectivity index (χ2v) is 7.43. The topological polar surface area (TPSA) is 97.8 Å². The van der Waals surface area contributed by atoms with Crippen LogP contribution < -0.4 is 10.1 Å². The van der Waals surface area contributed by atoms with Gasteiger partial charge in [-0.25, -0.2) is 14.2 Å². The number of carbonyl (C=O) groups excluding carboxylic acids is 2. The Morgan fingerprint density at radius 1 is 1.00 bits per heavy atom. The summed E-state index contributed by atoms with van der Waals surface area (Å²) in [7, 11) is 1.33. The number of alkyl halides is 1. The number of aromatic hydroxyl groups is 1. The molecule has 2 atom stereocenters. The van der Waals surface area contributed by atoms with E-state index in [1.54, 1.807) is 60.7 Å². The van der Waals surface area contributed by atoms with Crippen molar-refractivity contribution in [1.82, 2.24) is 10.3 Å². The number of ether oxygens (including phenoxy) is 2. The van der Waals surface area contributed by atoms with E-state index in [4.69, 9.17) is 9.47 Å². The molecule has 2 aromatic carbocycles. The maximum absolute atomic E-state index is 16.5. The summed E-state index contributed by atoms with van der Waals surface area (Å²) in [5, 5.41) is 12.5. The van der Waals surface area contributed by atoms with E-state index >= 15 is 4.39 Å². The summed E-state index contributed by atoms with van der Waals surface area (Å²) in [5.41, 5.74) is -1.76. The van der Waals surface area contributed by atoms with Crippen LogP contribution >= 0.6 is 0 Å². The van der Waals surface area contributed by atoms with Gasteiger partial charge in [-0.05, 0) is 25.0 Å². The number of nitrogens with zero attached hydrogens (tertiary/aromatic N) is 1. The van der Waals surface area contributed by atoms with E-state index in [1.807, 2.05) is 0 Å². The van der Waals surface area contributed by atoms with Crippen LogP contribution in [0, 0.1) is 0 Å². The Morgan fingerprint density at radius 3 is 2.06 bits per heavy atom. The standard InChI is InChI=1S/C25H25FN2O5/c1-16(28-23(30)21-22(29)20(32-3)14-15-27-21)24(31)33-17(2)25(26,18-10-6-4-7-11-18)19-12-8-5-9-13-19/h4-17,29H,1-3H3,(H,28,30)/t16-,17-/m0/s1. The van der Waals surface area contributed by atoms with E-state index in [-0.39, 0.29) is 11.4 Å². The van der Waals surface area contributed by atoms with Crippen molar-refractivity contribution < 1.29 is 28.6 Å². The molecule has 3 aromatic rings. The fourth-order valence-electron chi connectivity index (χ4n) is 3.45. The van der Waals surface area contributed by atoms with Gasteiger partial charge < -0.3 is 19.9 Å². The van der Waals surface area contributed by atoms with Gasteiger partial charge in [0, 0.05) is 12.3 Å². The van der Waals surface area contributed by atoms with Crippen molar-refractivity contribution in [3.63, 3.8) is 0 Å². The minimum Gasteiger partial charge on any atom is -0.503 e. The average molecular weight is 452 g/mol. The molecule has 0 aliphatic rings. The van der Waals surface area contributed by atoms with Crippen molar-refractivity contribution >= 4 is 11.9 Å². The van der Waals surface area contributed by atoms with Gasteiger partial charge in [-0.1, -0.05) is 60.7 Å². The maximum Gasteiger partial charge on any atom is 0.328 e. The number of benzene rings is 2. The molecule has 0 saturated carbocycles. The van der Waals surface area contributed by atoms with Crippen molar-refractivity contribution in [2.75, 3.05) is 7.11 Å². The number of amides is 1. The lowest BCUT2D eigenvalue weighted by Gasteiger charge is -2.32.